The fourth-order valence-electron chi connectivity index (χ4n) is 2.27. The van der Waals surface area contributed by atoms with Crippen LogP contribution < -0.4 is 0 Å². The van der Waals surface area contributed by atoms with Crippen molar-refractivity contribution in [3.63, 3.8) is 0 Å². The number of hydrogen-bond donors (Lipinski definition) is 0. The minimum atomic E-state index is -3.16. The molecule has 1 heterocycles. The molecule has 0 bridgehead atoms. The van der Waals surface area contributed by atoms with Gasteiger partial charge < -0.3 is 4.74 Å². The van der Waals surface area contributed by atoms with Crippen molar-refractivity contribution in [1.29, 1.82) is 0 Å². The summed E-state index contributed by atoms with van der Waals surface area (Å²) in [5, 5.41) is 0. The predicted molar refractivity (Wildman–Crippen MR) is 84.0 cm³/mol. The largest absolute Gasteiger partial charge is 0.459 e. The summed E-state index contributed by atoms with van der Waals surface area (Å²) in [5.41, 5.74) is -0.511. The van der Waals surface area contributed by atoms with Crippen molar-refractivity contribution in [2.24, 2.45) is 0 Å². The molecular weight excluding hydrogens is 290 g/mol. The maximum atomic E-state index is 12.2. The van der Waals surface area contributed by atoms with E-state index in [1.807, 2.05) is 25.7 Å². The molecule has 0 N–H and O–H groups in total. The van der Waals surface area contributed by atoms with Crippen LogP contribution in [-0.2, 0) is 19.4 Å². The molecule has 124 valence electrons. The Morgan fingerprint density at radius 3 is 2.24 bits per heavy atom. The highest BCUT2D eigenvalue weighted by molar-refractivity contribution is 7.92. The van der Waals surface area contributed by atoms with Crippen LogP contribution >= 0.6 is 0 Å². The quantitative estimate of drug-likeness (QED) is 0.742. The molecule has 0 aliphatic carbocycles. The number of esters is 1. The summed E-state index contributed by atoms with van der Waals surface area (Å²) in [6.45, 7) is 11.8. The number of sulfone groups is 1. The van der Waals surface area contributed by atoms with Crippen LogP contribution in [-0.4, -0.2) is 54.5 Å². The second-order valence-corrected chi connectivity index (χ2v) is 10.5. The van der Waals surface area contributed by atoms with Crippen molar-refractivity contribution in [3.05, 3.63) is 0 Å². The molecule has 1 rings (SSSR count). The van der Waals surface area contributed by atoms with Crippen molar-refractivity contribution in [2.45, 2.75) is 70.8 Å². The lowest BCUT2D eigenvalue weighted by atomic mass is 10.1. The molecule has 1 fully saturated rings. The first-order valence-corrected chi connectivity index (χ1v) is 9.18. The predicted octanol–water partition coefficient (Wildman–Crippen LogP) is 2.01. The molecule has 0 aromatic rings. The van der Waals surface area contributed by atoms with E-state index in [9.17, 15) is 13.2 Å². The average Bonchev–Trinajstić information content (AvgIpc) is 2.70. The summed E-state index contributed by atoms with van der Waals surface area (Å²) in [4.78, 5) is 14.1. The lowest BCUT2D eigenvalue weighted by molar-refractivity contribution is -0.160. The molecule has 1 saturated heterocycles. The van der Waals surface area contributed by atoms with Gasteiger partial charge in [0.15, 0.2) is 9.84 Å². The molecule has 0 unspecified atom stereocenters. The molecule has 0 radical (unpaired) electrons. The van der Waals surface area contributed by atoms with Gasteiger partial charge >= 0.3 is 5.97 Å². The zero-order valence-electron chi connectivity index (χ0n) is 14.1. The zero-order chi connectivity index (χ0) is 16.5. The van der Waals surface area contributed by atoms with Crippen LogP contribution in [0.1, 0.15) is 54.4 Å². The topological polar surface area (TPSA) is 63.7 Å². The molecule has 1 atom stereocenters. The van der Waals surface area contributed by atoms with Gasteiger partial charge in [-0.1, -0.05) is 0 Å². The summed E-state index contributed by atoms with van der Waals surface area (Å²) in [5.74, 6) is -0.163. The van der Waals surface area contributed by atoms with E-state index >= 15 is 0 Å². The Morgan fingerprint density at radius 2 is 1.76 bits per heavy atom. The van der Waals surface area contributed by atoms with Crippen LogP contribution in [0.25, 0.3) is 0 Å². The van der Waals surface area contributed by atoms with Crippen LogP contribution in [0.2, 0.25) is 0 Å². The van der Waals surface area contributed by atoms with Crippen molar-refractivity contribution in [3.8, 4) is 0 Å². The summed E-state index contributed by atoms with van der Waals surface area (Å²) < 4.78 is 29.0. The highest BCUT2D eigenvalue weighted by Gasteiger charge is 2.36. The van der Waals surface area contributed by atoms with E-state index in [0.717, 1.165) is 19.4 Å². The molecule has 6 heteroatoms. The number of carbonyl (C=O) groups is 1. The molecule has 1 aliphatic rings. The number of carbonyl (C=O) groups excluding carboxylic acids is 1. The third kappa shape index (κ3) is 5.25. The number of nitrogens with zero attached hydrogens (tertiary/aromatic N) is 1. The molecular formula is C15H29NO4S. The van der Waals surface area contributed by atoms with Gasteiger partial charge in [-0.25, -0.2) is 8.42 Å². The number of hydrogen-bond acceptors (Lipinski definition) is 5. The van der Waals surface area contributed by atoms with Gasteiger partial charge in [-0.3, -0.25) is 9.69 Å². The van der Waals surface area contributed by atoms with Gasteiger partial charge in [-0.05, 0) is 60.9 Å². The Labute approximate surface area is 129 Å². The van der Waals surface area contributed by atoms with E-state index in [-0.39, 0.29) is 17.8 Å². The Morgan fingerprint density at radius 1 is 1.19 bits per heavy atom. The molecule has 0 spiro atoms. The summed E-state index contributed by atoms with van der Waals surface area (Å²) >= 11 is 0. The van der Waals surface area contributed by atoms with Gasteiger partial charge in [-0.15, -0.1) is 0 Å². The lowest BCUT2D eigenvalue weighted by Gasteiger charge is -2.28. The maximum Gasteiger partial charge on any atom is 0.323 e. The highest BCUT2D eigenvalue weighted by atomic mass is 32.2. The van der Waals surface area contributed by atoms with E-state index in [0.29, 0.717) is 6.54 Å². The van der Waals surface area contributed by atoms with Crippen molar-refractivity contribution in [1.82, 2.24) is 4.90 Å². The fourth-order valence-corrected chi connectivity index (χ4v) is 3.36. The standard InChI is InChI=1S/C15H29NO4S/c1-14(2,3)20-13(17)12-8-7-9-16(12)10-11-21(18,19)15(4,5)6/h12H,7-11H2,1-6H3/t12-/m0/s1. The van der Waals surface area contributed by atoms with E-state index in [2.05, 4.69) is 0 Å². The molecule has 0 saturated carbocycles. The molecule has 21 heavy (non-hydrogen) atoms. The summed E-state index contributed by atoms with van der Waals surface area (Å²) in [7, 11) is -3.16. The third-order valence-corrected chi connectivity index (χ3v) is 6.21. The monoisotopic (exact) mass is 319 g/mol. The van der Waals surface area contributed by atoms with Crippen LogP contribution in [0.4, 0.5) is 0 Å². The van der Waals surface area contributed by atoms with Crippen LogP contribution in [0.5, 0.6) is 0 Å². The van der Waals surface area contributed by atoms with Gasteiger partial charge in [0.2, 0.25) is 0 Å². The first kappa shape index (κ1) is 18.4. The highest BCUT2D eigenvalue weighted by Crippen LogP contribution is 2.22. The first-order chi connectivity index (χ1) is 9.33. The number of likely N-dealkylation sites (tertiary alicyclic amines) is 1. The van der Waals surface area contributed by atoms with Gasteiger partial charge in [0.05, 0.1) is 10.5 Å². The SMILES string of the molecule is CC(C)(C)OC(=O)[C@@H]1CCCN1CCS(=O)(=O)C(C)(C)C. The van der Waals surface area contributed by atoms with E-state index in [1.165, 1.54) is 0 Å². The molecule has 0 aromatic carbocycles. The van der Waals surface area contributed by atoms with E-state index in [4.69, 9.17) is 4.74 Å². The lowest BCUT2D eigenvalue weighted by Crippen LogP contribution is -2.43. The molecule has 0 amide bonds. The minimum Gasteiger partial charge on any atom is -0.459 e. The smallest absolute Gasteiger partial charge is 0.323 e. The second kappa shape index (κ2) is 6.24. The normalized spacial score (nSPS) is 21.5. The number of rotatable bonds is 4. The average molecular weight is 319 g/mol. The summed E-state index contributed by atoms with van der Waals surface area (Å²) in [6, 6.07) is -0.306. The Balaban J connectivity index is 2.65. The molecule has 0 aromatic heterocycles. The number of ether oxygens (including phenoxy) is 1. The Kier molecular flexibility index (Phi) is 5.48. The second-order valence-electron chi connectivity index (χ2n) is 7.66. The zero-order valence-corrected chi connectivity index (χ0v) is 14.9. The molecule has 5 nitrogen and oxygen atoms in total. The molecule has 1 aliphatic heterocycles. The van der Waals surface area contributed by atoms with Crippen molar-refractivity contribution >= 4 is 15.8 Å². The Bertz CT molecular complexity index is 471. The van der Waals surface area contributed by atoms with Gasteiger partial charge in [-0.2, -0.15) is 0 Å². The van der Waals surface area contributed by atoms with Crippen LogP contribution in [0.15, 0.2) is 0 Å². The van der Waals surface area contributed by atoms with Crippen LogP contribution in [0, 0.1) is 0 Å². The van der Waals surface area contributed by atoms with Crippen LogP contribution in [0.3, 0.4) is 0 Å². The Hall–Kier alpha value is -0.620. The first-order valence-electron chi connectivity index (χ1n) is 7.53. The van der Waals surface area contributed by atoms with Gasteiger partial charge in [0, 0.05) is 6.54 Å². The van der Waals surface area contributed by atoms with Crippen molar-refractivity contribution in [2.75, 3.05) is 18.8 Å². The fraction of sp³-hybridized carbons (Fsp3) is 0.933. The van der Waals surface area contributed by atoms with Gasteiger partial charge in [0.1, 0.15) is 11.6 Å². The summed E-state index contributed by atoms with van der Waals surface area (Å²) in [6.07, 6.45) is 1.64. The van der Waals surface area contributed by atoms with E-state index in [1.54, 1.807) is 20.8 Å². The van der Waals surface area contributed by atoms with E-state index < -0.39 is 20.2 Å². The minimum absolute atomic E-state index is 0.0792. The van der Waals surface area contributed by atoms with Crippen molar-refractivity contribution < 1.29 is 17.9 Å². The third-order valence-electron chi connectivity index (χ3n) is 3.62. The van der Waals surface area contributed by atoms with Gasteiger partial charge in [0.25, 0.3) is 0 Å². The maximum absolute atomic E-state index is 12.2.